The number of hydrogen-bond acceptors (Lipinski definition) is 5. The molecule has 0 bridgehead atoms. The van der Waals surface area contributed by atoms with Crippen LogP contribution in [0.25, 0.3) is 0 Å². The fraction of sp³-hybridized carbons (Fsp3) is 0.438. The van der Waals surface area contributed by atoms with Crippen LogP contribution in [-0.2, 0) is 9.53 Å². The first-order chi connectivity index (χ1) is 11.0. The maximum Gasteiger partial charge on any atom is 0.408 e. The molecule has 0 spiro atoms. The molecule has 1 atom stereocenters. The van der Waals surface area contributed by atoms with Gasteiger partial charge in [0, 0.05) is 5.56 Å². The third-order valence-electron chi connectivity index (χ3n) is 3.39. The summed E-state index contributed by atoms with van der Waals surface area (Å²) in [4.78, 5) is 36.4. The molecule has 1 rings (SSSR count). The van der Waals surface area contributed by atoms with Crippen molar-refractivity contribution in [3.63, 3.8) is 0 Å². The summed E-state index contributed by atoms with van der Waals surface area (Å²) in [6.45, 7) is 2.04. The van der Waals surface area contributed by atoms with Gasteiger partial charge in [-0.2, -0.15) is 0 Å². The Hall–Kier alpha value is -2.41. The Balaban J connectivity index is 3.17. The normalized spacial score (nSPS) is 13.0. The molecule has 0 fully saturated rings. The lowest BCUT2D eigenvalue weighted by atomic mass is 9.84. The first-order valence-corrected chi connectivity index (χ1v) is 7.46. The van der Waals surface area contributed by atoms with Crippen molar-refractivity contribution in [2.45, 2.75) is 31.7 Å². The molecular formula is C16H22N2O5. The van der Waals surface area contributed by atoms with Gasteiger partial charge in [0.15, 0.2) is 5.78 Å². The van der Waals surface area contributed by atoms with E-state index >= 15 is 0 Å². The SMILES string of the molecule is CCOC(=O)N[C@@](CCCCN)(C(=O)O)C(=O)c1ccccc1. The highest BCUT2D eigenvalue weighted by Gasteiger charge is 2.47. The zero-order valence-electron chi connectivity index (χ0n) is 13.1. The van der Waals surface area contributed by atoms with Gasteiger partial charge in [-0.15, -0.1) is 0 Å². The number of unbranched alkanes of at least 4 members (excludes halogenated alkanes) is 1. The fourth-order valence-corrected chi connectivity index (χ4v) is 2.20. The highest BCUT2D eigenvalue weighted by molar-refractivity contribution is 6.17. The van der Waals surface area contributed by atoms with E-state index in [2.05, 4.69) is 5.32 Å². The third-order valence-corrected chi connectivity index (χ3v) is 3.39. The lowest BCUT2D eigenvalue weighted by Crippen LogP contribution is -2.60. The zero-order valence-corrected chi connectivity index (χ0v) is 13.1. The van der Waals surface area contributed by atoms with Crippen LogP contribution in [0.3, 0.4) is 0 Å². The lowest BCUT2D eigenvalue weighted by molar-refractivity contribution is -0.142. The van der Waals surface area contributed by atoms with Gasteiger partial charge in [-0.1, -0.05) is 30.3 Å². The molecule has 4 N–H and O–H groups in total. The van der Waals surface area contributed by atoms with Crippen LogP contribution in [0.15, 0.2) is 30.3 Å². The Kier molecular flexibility index (Phi) is 7.21. The minimum Gasteiger partial charge on any atom is -0.479 e. The smallest absolute Gasteiger partial charge is 0.408 e. The number of nitrogens with two attached hydrogens (primary N) is 1. The van der Waals surface area contributed by atoms with Gasteiger partial charge in [0.25, 0.3) is 0 Å². The van der Waals surface area contributed by atoms with Crippen LogP contribution in [0, 0.1) is 0 Å². The van der Waals surface area contributed by atoms with Crippen LogP contribution in [0.4, 0.5) is 4.79 Å². The van der Waals surface area contributed by atoms with Gasteiger partial charge in [0.2, 0.25) is 5.54 Å². The van der Waals surface area contributed by atoms with E-state index in [4.69, 9.17) is 10.5 Å². The number of alkyl carbamates (subject to hydrolysis) is 1. The van der Waals surface area contributed by atoms with Crippen molar-refractivity contribution in [2.24, 2.45) is 5.73 Å². The van der Waals surface area contributed by atoms with Gasteiger partial charge < -0.3 is 15.6 Å². The minimum absolute atomic E-state index is 0.0634. The van der Waals surface area contributed by atoms with E-state index in [9.17, 15) is 19.5 Å². The van der Waals surface area contributed by atoms with Crippen LogP contribution in [0.5, 0.6) is 0 Å². The summed E-state index contributed by atoms with van der Waals surface area (Å²) in [7, 11) is 0. The number of ketones is 1. The van der Waals surface area contributed by atoms with Crippen LogP contribution in [0.1, 0.15) is 36.5 Å². The third kappa shape index (κ3) is 4.79. The fourth-order valence-electron chi connectivity index (χ4n) is 2.20. The highest BCUT2D eigenvalue weighted by atomic mass is 16.5. The predicted octanol–water partition coefficient (Wildman–Crippen LogP) is 1.57. The average Bonchev–Trinajstić information content (AvgIpc) is 2.54. The number of carboxylic acids is 1. The quantitative estimate of drug-likeness (QED) is 0.361. The maximum atomic E-state index is 12.8. The number of Topliss-reactive ketones (excluding diaryl/α,β-unsaturated/α-hetero) is 1. The highest BCUT2D eigenvalue weighted by Crippen LogP contribution is 2.22. The molecule has 0 aromatic heterocycles. The Morgan fingerprint density at radius 1 is 1.22 bits per heavy atom. The van der Waals surface area contributed by atoms with Gasteiger partial charge >= 0.3 is 12.1 Å². The van der Waals surface area contributed by atoms with Crippen LogP contribution >= 0.6 is 0 Å². The summed E-state index contributed by atoms with van der Waals surface area (Å²) in [6, 6.07) is 7.99. The van der Waals surface area contributed by atoms with Crippen molar-refractivity contribution in [2.75, 3.05) is 13.2 Å². The molecule has 1 aromatic carbocycles. The van der Waals surface area contributed by atoms with E-state index in [-0.39, 0.29) is 18.6 Å². The summed E-state index contributed by atoms with van der Waals surface area (Å²) in [6.07, 6.45) is -0.0755. The molecule has 0 heterocycles. The standard InChI is InChI=1S/C16H22N2O5/c1-2-23-15(22)18-16(14(20)21,10-6-7-11-17)13(19)12-8-4-3-5-9-12/h3-5,8-9H,2,6-7,10-11,17H2,1H3,(H,18,22)(H,20,21)/t16-/m1/s1. The first-order valence-electron chi connectivity index (χ1n) is 7.46. The van der Waals surface area contributed by atoms with E-state index in [1.54, 1.807) is 25.1 Å². The Morgan fingerprint density at radius 2 is 1.87 bits per heavy atom. The summed E-state index contributed by atoms with van der Waals surface area (Å²) in [5.41, 5.74) is 3.57. The van der Waals surface area contributed by atoms with Crippen molar-refractivity contribution >= 4 is 17.8 Å². The number of carboxylic acid groups (broad SMARTS) is 1. The molecule has 0 radical (unpaired) electrons. The molecule has 0 saturated carbocycles. The number of amides is 1. The summed E-state index contributed by atoms with van der Waals surface area (Å²) in [5, 5.41) is 11.9. The molecule has 7 heteroatoms. The van der Waals surface area contributed by atoms with Crippen LogP contribution in [0.2, 0.25) is 0 Å². The molecule has 0 saturated heterocycles. The van der Waals surface area contributed by atoms with E-state index in [0.29, 0.717) is 19.4 Å². The number of rotatable bonds is 9. The zero-order chi connectivity index (χ0) is 17.3. The van der Waals surface area contributed by atoms with Crippen molar-refractivity contribution in [3.8, 4) is 0 Å². The maximum absolute atomic E-state index is 12.8. The number of hydrogen-bond donors (Lipinski definition) is 3. The number of aliphatic carboxylic acids is 1. The van der Waals surface area contributed by atoms with E-state index in [1.807, 2.05) is 0 Å². The number of ether oxygens (including phenoxy) is 1. The molecule has 1 amide bonds. The number of nitrogens with one attached hydrogen (secondary N) is 1. The van der Waals surface area contributed by atoms with Crippen molar-refractivity contribution < 1.29 is 24.2 Å². The lowest BCUT2D eigenvalue weighted by Gasteiger charge is -2.28. The Bertz CT molecular complexity index is 547. The van der Waals surface area contributed by atoms with Crippen molar-refractivity contribution in [1.29, 1.82) is 0 Å². The van der Waals surface area contributed by atoms with E-state index < -0.39 is 23.4 Å². The monoisotopic (exact) mass is 322 g/mol. The second-order valence-electron chi connectivity index (χ2n) is 5.00. The Morgan fingerprint density at radius 3 is 2.39 bits per heavy atom. The van der Waals surface area contributed by atoms with Gasteiger partial charge in [0.1, 0.15) is 0 Å². The van der Waals surface area contributed by atoms with Crippen LogP contribution in [-0.4, -0.2) is 41.6 Å². The summed E-state index contributed by atoms with van der Waals surface area (Å²) in [5.74, 6) is -2.10. The molecule has 0 aliphatic carbocycles. The number of carbonyl (C=O) groups is 3. The minimum atomic E-state index is -2.07. The molecule has 126 valence electrons. The Labute approximate surface area is 134 Å². The van der Waals surface area contributed by atoms with E-state index in [0.717, 1.165) is 0 Å². The van der Waals surface area contributed by atoms with Gasteiger partial charge in [-0.3, -0.25) is 10.1 Å². The first kappa shape index (κ1) is 18.6. The molecule has 0 aliphatic heterocycles. The largest absolute Gasteiger partial charge is 0.479 e. The molecule has 1 aromatic rings. The second kappa shape index (κ2) is 8.89. The molecular weight excluding hydrogens is 300 g/mol. The molecule has 0 unspecified atom stereocenters. The number of carbonyl (C=O) groups excluding carboxylic acids is 2. The van der Waals surface area contributed by atoms with Crippen molar-refractivity contribution in [3.05, 3.63) is 35.9 Å². The van der Waals surface area contributed by atoms with E-state index in [1.165, 1.54) is 12.1 Å². The van der Waals surface area contributed by atoms with Gasteiger partial charge in [-0.25, -0.2) is 9.59 Å². The van der Waals surface area contributed by atoms with Gasteiger partial charge in [-0.05, 0) is 32.7 Å². The molecule has 7 nitrogen and oxygen atoms in total. The number of benzene rings is 1. The predicted molar refractivity (Wildman–Crippen MR) is 84.2 cm³/mol. The summed E-state index contributed by atoms with van der Waals surface area (Å²) < 4.78 is 4.75. The molecule has 0 aliphatic rings. The van der Waals surface area contributed by atoms with Crippen molar-refractivity contribution in [1.82, 2.24) is 5.32 Å². The van der Waals surface area contributed by atoms with Crippen LogP contribution < -0.4 is 11.1 Å². The molecule has 23 heavy (non-hydrogen) atoms. The second-order valence-corrected chi connectivity index (χ2v) is 5.00. The topological polar surface area (TPSA) is 119 Å². The summed E-state index contributed by atoms with van der Waals surface area (Å²) >= 11 is 0. The average molecular weight is 322 g/mol. The van der Waals surface area contributed by atoms with Gasteiger partial charge in [0.05, 0.1) is 6.61 Å².